The summed E-state index contributed by atoms with van der Waals surface area (Å²) in [5, 5.41) is 0. The molecule has 3 heteroatoms. The fourth-order valence-electron chi connectivity index (χ4n) is 2.90. The molecule has 1 aromatic rings. The maximum absolute atomic E-state index is 12.0. The van der Waals surface area contributed by atoms with Gasteiger partial charge in [0, 0.05) is 30.6 Å². The van der Waals surface area contributed by atoms with Gasteiger partial charge in [-0.3, -0.25) is 4.79 Å². The predicted octanol–water partition coefficient (Wildman–Crippen LogP) is 1.65. The Balaban J connectivity index is 2.04. The molecule has 1 aliphatic carbocycles. The smallest absolute Gasteiger partial charge is 0.254 e. The van der Waals surface area contributed by atoms with E-state index in [1.807, 2.05) is 7.05 Å². The van der Waals surface area contributed by atoms with Crippen molar-refractivity contribution >= 4 is 5.91 Å². The molecule has 1 unspecified atom stereocenters. The van der Waals surface area contributed by atoms with Crippen LogP contribution in [0.25, 0.3) is 0 Å². The third kappa shape index (κ3) is 1.42. The van der Waals surface area contributed by atoms with Crippen molar-refractivity contribution in [3.8, 4) is 0 Å². The molecule has 0 bridgehead atoms. The predicted molar refractivity (Wildman–Crippen MR) is 66.8 cm³/mol. The van der Waals surface area contributed by atoms with E-state index in [2.05, 4.69) is 25.1 Å². The number of amides is 1. The molecule has 1 amide bonds. The Morgan fingerprint density at radius 1 is 1.41 bits per heavy atom. The van der Waals surface area contributed by atoms with Gasteiger partial charge in [-0.1, -0.05) is 12.1 Å². The minimum absolute atomic E-state index is 0.135. The molecule has 1 heterocycles. The topological polar surface area (TPSA) is 46.3 Å². The van der Waals surface area contributed by atoms with Crippen molar-refractivity contribution in [3.63, 3.8) is 0 Å². The molecule has 17 heavy (non-hydrogen) atoms. The Morgan fingerprint density at radius 2 is 2.12 bits per heavy atom. The van der Waals surface area contributed by atoms with Crippen LogP contribution in [0.2, 0.25) is 0 Å². The summed E-state index contributed by atoms with van der Waals surface area (Å²) in [6.07, 6.45) is 2.29. The Morgan fingerprint density at radius 3 is 2.71 bits per heavy atom. The third-order valence-electron chi connectivity index (χ3n) is 4.33. The maximum atomic E-state index is 12.0. The monoisotopic (exact) mass is 230 g/mol. The van der Waals surface area contributed by atoms with Crippen LogP contribution in [0.15, 0.2) is 18.2 Å². The molecule has 1 aliphatic heterocycles. The lowest BCUT2D eigenvalue weighted by molar-refractivity contribution is 0.0816. The van der Waals surface area contributed by atoms with Crippen molar-refractivity contribution in [1.29, 1.82) is 0 Å². The van der Waals surface area contributed by atoms with E-state index in [9.17, 15) is 4.79 Å². The second-order valence-corrected chi connectivity index (χ2v) is 5.48. The Hall–Kier alpha value is -1.35. The molecule has 2 aliphatic rings. The number of nitrogens with zero attached hydrogens (tertiary/aromatic N) is 1. The van der Waals surface area contributed by atoms with Crippen LogP contribution in [0.3, 0.4) is 0 Å². The van der Waals surface area contributed by atoms with Gasteiger partial charge in [0.15, 0.2) is 0 Å². The molecule has 90 valence electrons. The summed E-state index contributed by atoms with van der Waals surface area (Å²) in [6, 6.07) is 6.48. The zero-order chi connectivity index (χ0) is 12.2. The highest BCUT2D eigenvalue weighted by atomic mass is 16.2. The van der Waals surface area contributed by atoms with E-state index >= 15 is 0 Å². The van der Waals surface area contributed by atoms with Gasteiger partial charge in [-0.05, 0) is 37.0 Å². The molecule has 1 aromatic carbocycles. The van der Waals surface area contributed by atoms with Crippen molar-refractivity contribution < 1.29 is 4.79 Å². The molecular weight excluding hydrogens is 212 g/mol. The van der Waals surface area contributed by atoms with Crippen LogP contribution in [0.4, 0.5) is 0 Å². The number of hydrogen-bond donors (Lipinski definition) is 1. The molecule has 3 rings (SSSR count). The molecule has 0 aromatic heterocycles. The van der Waals surface area contributed by atoms with Crippen LogP contribution in [-0.4, -0.2) is 23.9 Å². The van der Waals surface area contributed by atoms with E-state index in [1.165, 1.54) is 5.56 Å². The number of carbonyl (C=O) groups is 1. The number of benzene rings is 1. The lowest BCUT2D eigenvalue weighted by Gasteiger charge is -2.20. The van der Waals surface area contributed by atoms with Gasteiger partial charge < -0.3 is 10.6 Å². The van der Waals surface area contributed by atoms with Crippen LogP contribution < -0.4 is 5.73 Å². The van der Waals surface area contributed by atoms with Crippen molar-refractivity contribution in [3.05, 3.63) is 34.9 Å². The average molecular weight is 230 g/mol. The van der Waals surface area contributed by atoms with Gasteiger partial charge in [0.1, 0.15) is 0 Å². The lowest BCUT2D eigenvalue weighted by Crippen LogP contribution is -2.31. The molecule has 2 N–H and O–H groups in total. The SMILES string of the molecule is CC(N)C1(c2ccc3c(c2)C(=O)N(C)C3)CC1. The second-order valence-electron chi connectivity index (χ2n) is 5.48. The van der Waals surface area contributed by atoms with Gasteiger partial charge in [-0.15, -0.1) is 0 Å². The summed E-state index contributed by atoms with van der Waals surface area (Å²) in [4.78, 5) is 13.7. The number of carbonyl (C=O) groups excluding carboxylic acids is 1. The zero-order valence-electron chi connectivity index (χ0n) is 10.4. The molecule has 0 radical (unpaired) electrons. The maximum Gasteiger partial charge on any atom is 0.254 e. The van der Waals surface area contributed by atoms with Gasteiger partial charge >= 0.3 is 0 Å². The summed E-state index contributed by atoms with van der Waals surface area (Å²) in [5.74, 6) is 0.141. The first-order valence-electron chi connectivity index (χ1n) is 6.19. The van der Waals surface area contributed by atoms with Crippen molar-refractivity contribution in [1.82, 2.24) is 4.90 Å². The highest BCUT2D eigenvalue weighted by Gasteiger charge is 2.47. The van der Waals surface area contributed by atoms with Crippen LogP contribution in [-0.2, 0) is 12.0 Å². The standard InChI is InChI=1S/C14H18N2O/c1-9(15)14(5-6-14)11-4-3-10-8-16(2)13(17)12(10)7-11/h3-4,7,9H,5-6,8,15H2,1-2H3. The fourth-order valence-corrected chi connectivity index (χ4v) is 2.90. The van der Waals surface area contributed by atoms with Crippen molar-refractivity contribution in [2.45, 2.75) is 37.8 Å². The number of rotatable bonds is 2. The van der Waals surface area contributed by atoms with Crippen molar-refractivity contribution in [2.24, 2.45) is 5.73 Å². The summed E-state index contributed by atoms with van der Waals surface area (Å²) in [7, 11) is 1.85. The first-order valence-corrected chi connectivity index (χ1v) is 6.19. The fraction of sp³-hybridized carbons (Fsp3) is 0.500. The molecule has 1 atom stereocenters. The Labute approximate surface area is 102 Å². The minimum atomic E-state index is 0.135. The van der Waals surface area contributed by atoms with E-state index in [0.717, 1.165) is 30.5 Å². The highest BCUT2D eigenvalue weighted by Crippen LogP contribution is 2.50. The summed E-state index contributed by atoms with van der Waals surface area (Å²) >= 11 is 0. The summed E-state index contributed by atoms with van der Waals surface area (Å²) in [6.45, 7) is 2.80. The molecule has 0 saturated heterocycles. The first kappa shape index (κ1) is 10.8. The van der Waals surface area contributed by atoms with Crippen LogP contribution in [0.1, 0.15) is 41.3 Å². The lowest BCUT2D eigenvalue weighted by atomic mass is 9.88. The third-order valence-corrected chi connectivity index (χ3v) is 4.33. The Bertz CT molecular complexity index is 489. The minimum Gasteiger partial charge on any atom is -0.337 e. The molecular formula is C14H18N2O. The molecule has 1 fully saturated rings. The Kier molecular flexibility index (Phi) is 2.11. The van der Waals surface area contributed by atoms with Gasteiger partial charge in [0.05, 0.1) is 0 Å². The van der Waals surface area contributed by atoms with Gasteiger partial charge in [-0.25, -0.2) is 0 Å². The van der Waals surface area contributed by atoms with Crippen LogP contribution >= 0.6 is 0 Å². The zero-order valence-corrected chi connectivity index (χ0v) is 10.4. The van der Waals surface area contributed by atoms with Gasteiger partial charge in [-0.2, -0.15) is 0 Å². The average Bonchev–Trinajstić information content (AvgIpc) is 3.05. The van der Waals surface area contributed by atoms with Crippen molar-refractivity contribution in [2.75, 3.05) is 7.05 Å². The quantitative estimate of drug-likeness (QED) is 0.839. The van der Waals surface area contributed by atoms with Gasteiger partial charge in [0.25, 0.3) is 5.91 Å². The van der Waals surface area contributed by atoms with Crippen LogP contribution in [0.5, 0.6) is 0 Å². The van der Waals surface area contributed by atoms with Crippen LogP contribution in [0, 0.1) is 0 Å². The van der Waals surface area contributed by atoms with E-state index in [1.54, 1.807) is 4.90 Å². The second kappa shape index (κ2) is 3.33. The molecule has 3 nitrogen and oxygen atoms in total. The molecule has 1 saturated carbocycles. The number of nitrogens with two attached hydrogens (primary N) is 1. The number of fused-ring (bicyclic) bond motifs is 1. The first-order chi connectivity index (χ1) is 8.04. The number of hydrogen-bond acceptors (Lipinski definition) is 2. The van der Waals surface area contributed by atoms with E-state index in [-0.39, 0.29) is 17.4 Å². The molecule has 0 spiro atoms. The summed E-state index contributed by atoms with van der Waals surface area (Å²) in [5.41, 5.74) is 9.47. The van der Waals surface area contributed by atoms with E-state index in [4.69, 9.17) is 5.73 Å². The van der Waals surface area contributed by atoms with Gasteiger partial charge in [0.2, 0.25) is 0 Å². The summed E-state index contributed by atoms with van der Waals surface area (Å²) < 4.78 is 0. The van der Waals surface area contributed by atoms with E-state index in [0.29, 0.717) is 0 Å². The highest BCUT2D eigenvalue weighted by molar-refractivity contribution is 5.98. The van der Waals surface area contributed by atoms with E-state index < -0.39 is 0 Å². The largest absolute Gasteiger partial charge is 0.337 e. The normalized spacial score (nSPS) is 22.5.